The molecule has 254 valence electrons. The van der Waals surface area contributed by atoms with Gasteiger partial charge in [-0.25, -0.2) is 9.97 Å². The fourth-order valence-electron chi connectivity index (χ4n) is 7.30. The van der Waals surface area contributed by atoms with Crippen LogP contribution in [0.3, 0.4) is 0 Å². The van der Waals surface area contributed by atoms with Crippen molar-refractivity contribution < 1.29 is 19.5 Å². The Labute approximate surface area is 288 Å². The molecule has 2 fully saturated rings. The van der Waals surface area contributed by atoms with Crippen LogP contribution in [0.15, 0.2) is 54.9 Å². The number of amides is 2. The molecule has 0 radical (unpaired) electrons. The molecule has 2 N–H and O–H groups in total. The Morgan fingerprint density at radius 3 is 2.21 bits per heavy atom. The normalized spacial score (nSPS) is 22.4. The molecule has 2 amide bonds. The van der Waals surface area contributed by atoms with Crippen molar-refractivity contribution in [2.24, 2.45) is 23.7 Å². The van der Waals surface area contributed by atoms with Crippen molar-refractivity contribution in [3.05, 3.63) is 75.7 Å². The summed E-state index contributed by atoms with van der Waals surface area (Å²) < 4.78 is 0. The highest BCUT2D eigenvalue weighted by Gasteiger charge is 2.39. The molecule has 1 saturated heterocycles. The number of aliphatic carboxylic acids is 1. The van der Waals surface area contributed by atoms with Crippen molar-refractivity contribution in [3.8, 4) is 11.4 Å². The van der Waals surface area contributed by atoms with E-state index in [0.717, 1.165) is 52.2 Å². The second kappa shape index (κ2) is 14.3. The summed E-state index contributed by atoms with van der Waals surface area (Å²) >= 11 is 1.42. The highest BCUT2D eigenvalue weighted by Crippen LogP contribution is 2.41. The number of aromatic nitrogens is 2. The standard InChI is InChI=1S/C39H48N4O4S/c1-24-5-9-26(10-6-24)27-13-15-28(16-14-27)30-20-40-35(41-21-30)29-11-7-25(8-12-29)19-32(37(45)43-22-31(23-43)38(46)47)42-36(44)33-17-18-34(48-33)39(2,3)4/h7-8,11-12,15,17-18,20-21,24,26-27,31-32H,5-6,9-10,13-14,16,19,22-23H2,1-4H3,(H,42,44)(H,46,47)/t24-,26-,27?,32-/m0/s1. The molecule has 0 spiro atoms. The van der Waals surface area contributed by atoms with Gasteiger partial charge in [0.05, 0.1) is 10.8 Å². The largest absolute Gasteiger partial charge is 0.481 e. The molecule has 48 heavy (non-hydrogen) atoms. The van der Waals surface area contributed by atoms with Gasteiger partial charge in [-0.2, -0.15) is 0 Å². The average Bonchev–Trinajstić information content (AvgIpc) is 3.56. The third kappa shape index (κ3) is 7.88. The van der Waals surface area contributed by atoms with E-state index < -0.39 is 17.9 Å². The third-order valence-electron chi connectivity index (χ3n) is 10.6. The Morgan fingerprint density at radius 1 is 0.938 bits per heavy atom. The summed E-state index contributed by atoms with van der Waals surface area (Å²) in [7, 11) is 0. The molecule has 8 nitrogen and oxygen atoms in total. The van der Waals surface area contributed by atoms with Gasteiger partial charge in [0, 0.05) is 47.9 Å². The van der Waals surface area contributed by atoms with Gasteiger partial charge in [0.25, 0.3) is 5.91 Å². The zero-order chi connectivity index (χ0) is 34.0. The van der Waals surface area contributed by atoms with Gasteiger partial charge >= 0.3 is 5.97 Å². The Hall–Kier alpha value is -3.85. The number of thiophene rings is 1. The summed E-state index contributed by atoms with van der Waals surface area (Å²) in [4.78, 5) is 50.7. The molecule has 2 atom stereocenters. The molecule has 3 aromatic rings. The fraction of sp³-hybridized carbons (Fsp3) is 0.513. The van der Waals surface area contributed by atoms with Gasteiger partial charge < -0.3 is 15.3 Å². The van der Waals surface area contributed by atoms with Crippen molar-refractivity contribution in [1.82, 2.24) is 20.2 Å². The van der Waals surface area contributed by atoms with Crippen LogP contribution in [0, 0.1) is 23.7 Å². The molecule has 3 aliphatic rings. The molecule has 2 aliphatic carbocycles. The fourth-order valence-corrected chi connectivity index (χ4v) is 8.27. The number of hydrogen-bond donors (Lipinski definition) is 2. The SMILES string of the molecule is CC(C)(C)c1ccc(C(=O)N[C@@H](Cc2ccc(-c3ncc(C4=CCC([C@H]5CC[C@H](C)CC5)CC4)cn3)cc2)C(=O)N2CC(C(=O)O)C2)s1. The van der Waals surface area contributed by atoms with Crippen LogP contribution in [0.5, 0.6) is 0 Å². The molecule has 1 unspecified atom stereocenters. The highest BCUT2D eigenvalue weighted by atomic mass is 32.1. The van der Waals surface area contributed by atoms with Crippen molar-refractivity contribution in [1.29, 1.82) is 0 Å². The van der Waals surface area contributed by atoms with Crippen LogP contribution in [0.1, 0.15) is 98.3 Å². The molecule has 2 aromatic heterocycles. The van der Waals surface area contributed by atoms with E-state index in [-0.39, 0.29) is 36.7 Å². The second-order valence-corrected chi connectivity index (χ2v) is 16.3. The van der Waals surface area contributed by atoms with E-state index in [1.807, 2.05) is 42.7 Å². The maximum absolute atomic E-state index is 13.5. The van der Waals surface area contributed by atoms with Crippen LogP contribution in [-0.2, 0) is 21.4 Å². The number of hydrogen-bond acceptors (Lipinski definition) is 6. The lowest BCUT2D eigenvalue weighted by Gasteiger charge is -2.38. The summed E-state index contributed by atoms with van der Waals surface area (Å²) in [6.07, 6.45) is 15.6. The molecular formula is C39H48N4O4S. The van der Waals surface area contributed by atoms with Crippen molar-refractivity contribution >= 4 is 34.7 Å². The van der Waals surface area contributed by atoms with Gasteiger partial charge in [-0.3, -0.25) is 14.4 Å². The lowest BCUT2D eigenvalue weighted by molar-refractivity contribution is -0.153. The first kappa shape index (κ1) is 34.0. The number of carboxylic acids is 1. The first-order valence-corrected chi connectivity index (χ1v) is 18.3. The Balaban J connectivity index is 1.10. The van der Waals surface area contributed by atoms with Gasteiger partial charge in [-0.05, 0) is 78.5 Å². The molecule has 1 saturated carbocycles. The first-order valence-electron chi connectivity index (χ1n) is 17.5. The number of carbonyl (C=O) groups excluding carboxylic acids is 2. The third-order valence-corrected chi connectivity index (χ3v) is 12.1. The molecule has 1 aliphatic heterocycles. The van der Waals surface area contributed by atoms with Crippen LogP contribution in [0.25, 0.3) is 17.0 Å². The number of benzene rings is 1. The number of allylic oxidation sites excluding steroid dienone is 2. The van der Waals surface area contributed by atoms with E-state index in [9.17, 15) is 19.5 Å². The molecule has 6 rings (SSSR count). The second-order valence-electron chi connectivity index (χ2n) is 15.2. The average molecular weight is 669 g/mol. The van der Waals surface area contributed by atoms with E-state index >= 15 is 0 Å². The van der Waals surface area contributed by atoms with Crippen LogP contribution < -0.4 is 5.32 Å². The van der Waals surface area contributed by atoms with E-state index in [0.29, 0.717) is 10.7 Å². The Bertz CT molecular complexity index is 1640. The van der Waals surface area contributed by atoms with Crippen LogP contribution in [-0.4, -0.2) is 56.9 Å². The number of nitrogens with one attached hydrogen (secondary N) is 1. The number of carboxylic acid groups (broad SMARTS) is 1. The van der Waals surface area contributed by atoms with E-state index in [1.54, 1.807) is 6.07 Å². The molecule has 3 heterocycles. The lowest BCUT2D eigenvalue weighted by Crippen LogP contribution is -2.59. The summed E-state index contributed by atoms with van der Waals surface area (Å²) in [5.41, 5.74) is 4.11. The predicted molar refractivity (Wildman–Crippen MR) is 190 cm³/mol. The number of rotatable bonds is 9. The van der Waals surface area contributed by atoms with Gasteiger partial charge in [0.2, 0.25) is 5.91 Å². The van der Waals surface area contributed by atoms with Crippen molar-refractivity contribution in [3.63, 3.8) is 0 Å². The quantitative estimate of drug-likeness (QED) is 0.246. The molecule has 0 bridgehead atoms. The number of carbonyl (C=O) groups is 3. The summed E-state index contributed by atoms with van der Waals surface area (Å²) in [6.45, 7) is 8.98. The van der Waals surface area contributed by atoms with E-state index in [2.05, 4.69) is 39.1 Å². The topological polar surface area (TPSA) is 112 Å². The molecular weight excluding hydrogens is 621 g/mol. The smallest absolute Gasteiger partial charge is 0.310 e. The van der Waals surface area contributed by atoms with Crippen LogP contribution in [0.2, 0.25) is 0 Å². The summed E-state index contributed by atoms with van der Waals surface area (Å²) in [6, 6.07) is 10.7. The minimum atomic E-state index is -0.910. The summed E-state index contributed by atoms with van der Waals surface area (Å²) in [5.74, 6) is 1.17. The van der Waals surface area contributed by atoms with Crippen LogP contribution >= 0.6 is 11.3 Å². The maximum atomic E-state index is 13.5. The zero-order valence-corrected chi connectivity index (χ0v) is 29.4. The van der Waals surface area contributed by atoms with Gasteiger partial charge in [-0.1, -0.05) is 70.9 Å². The highest BCUT2D eigenvalue weighted by molar-refractivity contribution is 7.14. The lowest BCUT2D eigenvalue weighted by atomic mass is 9.71. The monoisotopic (exact) mass is 668 g/mol. The van der Waals surface area contributed by atoms with E-state index in [1.165, 1.54) is 53.9 Å². The molecule has 9 heteroatoms. The van der Waals surface area contributed by atoms with Gasteiger partial charge in [-0.15, -0.1) is 11.3 Å². The number of nitrogens with zero attached hydrogens (tertiary/aromatic N) is 3. The zero-order valence-electron chi connectivity index (χ0n) is 28.6. The first-order chi connectivity index (χ1) is 22.9. The predicted octanol–water partition coefficient (Wildman–Crippen LogP) is 7.40. The van der Waals surface area contributed by atoms with Crippen molar-refractivity contribution in [2.45, 2.75) is 90.5 Å². The maximum Gasteiger partial charge on any atom is 0.310 e. The molecule has 1 aromatic carbocycles. The Morgan fingerprint density at radius 2 is 1.62 bits per heavy atom. The summed E-state index contributed by atoms with van der Waals surface area (Å²) in [5, 5.41) is 12.3. The van der Waals surface area contributed by atoms with Crippen molar-refractivity contribution in [2.75, 3.05) is 13.1 Å². The Kier molecular flexibility index (Phi) is 10.2. The number of likely N-dealkylation sites (tertiary alicyclic amines) is 1. The minimum absolute atomic E-state index is 0.0856. The minimum Gasteiger partial charge on any atom is -0.481 e. The van der Waals surface area contributed by atoms with Crippen LogP contribution in [0.4, 0.5) is 0 Å². The van der Waals surface area contributed by atoms with E-state index in [4.69, 9.17) is 9.97 Å². The van der Waals surface area contributed by atoms with Gasteiger partial charge in [0.1, 0.15) is 6.04 Å². The van der Waals surface area contributed by atoms with Gasteiger partial charge in [0.15, 0.2) is 5.82 Å².